The van der Waals surface area contributed by atoms with Gasteiger partial charge in [-0.25, -0.2) is 8.78 Å². The molecule has 1 aliphatic heterocycles. The highest BCUT2D eigenvalue weighted by Gasteiger charge is 2.17. The lowest BCUT2D eigenvalue weighted by atomic mass is 10.1. The third kappa shape index (κ3) is 4.71. The van der Waals surface area contributed by atoms with Gasteiger partial charge >= 0.3 is 0 Å². The van der Waals surface area contributed by atoms with Gasteiger partial charge in [-0.1, -0.05) is 6.07 Å². The van der Waals surface area contributed by atoms with Crippen molar-refractivity contribution >= 4 is 12.4 Å². The van der Waals surface area contributed by atoms with E-state index < -0.39 is 11.6 Å². The van der Waals surface area contributed by atoms with Crippen LogP contribution in [0.3, 0.4) is 0 Å². The lowest BCUT2D eigenvalue weighted by molar-refractivity contribution is 0.214. The van der Waals surface area contributed by atoms with Crippen molar-refractivity contribution in [3.63, 3.8) is 0 Å². The van der Waals surface area contributed by atoms with Crippen molar-refractivity contribution in [3.05, 3.63) is 35.4 Å². The van der Waals surface area contributed by atoms with E-state index >= 15 is 0 Å². The second-order valence-corrected chi connectivity index (χ2v) is 4.99. The molecule has 1 aromatic carbocycles. The fourth-order valence-corrected chi connectivity index (χ4v) is 2.49. The molecule has 0 spiro atoms. The molecule has 1 aliphatic rings. The summed E-state index contributed by atoms with van der Waals surface area (Å²) in [5, 5.41) is 3.36. The molecular weight excluding hydrogens is 270 g/mol. The average Bonchev–Trinajstić information content (AvgIpc) is 2.61. The summed E-state index contributed by atoms with van der Waals surface area (Å²) in [5.74, 6) is -0.967. The Bertz CT molecular complexity index is 393. The molecule has 1 N–H and O–H groups in total. The van der Waals surface area contributed by atoms with E-state index in [4.69, 9.17) is 0 Å². The SMILES string of the molecule is CN(Cc1ccc(F)cc1F)C1CCCNCC1.Cl. The Morgan fingerprint density at radius 2 is 2.05 bits per heavy atom. The summed E-state index contributed by atoms with van der Waals surface area (Å²) in [4.78, 5) is 2.17. The van der Waals surface area contributed by atoms with E-state index in [1.165, 1.54) is 12.1 Å². The largest absolute Gasteiger partial charge is 0.317 e. The molecule has 2 rings (SSSR count). The van der Waals surface area contributed by atoms with Crippen LogP contribution in [-0.2, 0) is 6.54 Å². The number of nitrogens with zero attached hydrogens (tertiary/aromatic N) is 1. The van der Waals surface area contributed by atoms with E-state index in [1.54, 1.807) is 0 Å². The molecule has 0 saturated carbocycles. The minimum absolute atomic E-state index is 0. The van der Waals surface area contributed by atoms with Crippen LogP contribution in [0.2, 0.25) is 0 Å². The highest BCUT2D eigenvalue weighted by molar-refractivity contribution is 5.85. The Balaban J connectivity index is 0.00000180. The normalized spacial score (nSPS) is 19.9. The molecule has 0 aromatic heterocycles. The van der Waals surface area contributed by atoms with Gasteiger partial charge in [0.05, 0.1) is 0 Å². The molecule has 1 atom stereocenters. The summed E-state index contributed by atoms with van der Waals surface area (Å²) in [6.45, 7) is 2.62. The highest BCUT2D eigenvalue weighted by atomic mass is 35.5. The average molecular weight is 291 g/mol. The van der Waals surface area contributed by atoms with Crippen LogP contribution in [0.25, 0.3) is 0 Å². The van der Waals surface area contributed by atoms with Crippen molar-refractivity contribution in [2.75, 3.05) is 20.1 Å². The topological polar surface area (TPSA) is 15.3 Å². The summed E-state index contributed by atoms with van der Waals surface area (Å²) in [6.07, 6.45) is 3.37. The Morgan fingerprint density at radius 1 is 1.26 bits per heavy atom. The van der Waals surface area contributed by atoms with Gasteiger partial charge in [-0.15, -0.1) is 12.4 Å². The Hall–Kier alpha value is -0.710. The maximum Gasteiger partial charge on any atom is 0.130 e. The molecule has 1 unspecified atom stereocenters. The minimum Gasteiger partial charge on any atom is -0.317 e. The van der Waals surface area contributed by atoms with Crippen LogP contribution < -0.4 is 5.32 Å². The molecule has 1 heterocycles. The van der Waals surface area contributed by atoms with E-state index in [0.717, 1.165) is 38.4 Å². The number of nitrogens with one attached hydrogen (secondary N) is 1. The molecule has 0 amide bonds. The smallest absolute Gasteiger partial charge is 0.130 e. The summed E-state index contributed by atoms with van der Waals surface area (Å²) in [7, 11) is 2.01. The third-order valence-corrected chi connectivity index (χ3v) is 3.60. The van der Waals surface area contributed by atoms with Gasteiger partial charge < -0.3 is 5.32 Å². The number of halogens is 3. The van der Waals surface area contributed by atoms with Crippen LogP contribution >= 0.6 is 12.4 Å². The van der Waals surface area contributed by atoms with Gasteiger partial charge in [-0.2, -0.15) is 0 Å². The first-order valence-corrected chi connectivity index (χ1v) is 6.51. The standard InChI is InChI=1S/C14H20F2N2.ClH/c1-18(13-3-2-7-17-8-6-13)10-11-4-5-12(15)9-14(11)16;/h4-5,9,13,17H,2-3,6-8,10H2,1H3;1H. The van der Waals surface area contributed by atoms with Crippen molar-refractivity contribution in [2.24, 2.45) is 0 Å². The summed E-state index contributed by atoms with van der Waals surface area (Å²) < 4.78 is 26.4. The van der Waals surface area contributed by atoms with Crippen molar-refractivity contribution < 1.29 is 8.78 Å². The Kier molecular flexibility index (Phi) is 6.69. The first-order valence-electron chi connectivity index (χ1n) is 6.51. The zero-order valence-electron chi connectivity index (χ0n) is 11.2. The van der Waals surface area contributed by atoms with Crippen molar-refractivity contribution in [1.82, 2.24) is 10.2 Å². The molecule has 0 radical (unpaired) electrons. The van der Waals surface area contributed by atoms with E-state index in [1.807, 2.05) is 7.05 Å². The molecule has 2 nitrogen and oxygen atoms in total. The minimum atomic E-state index is -0.516. The fourth-order valence-electron chi connectivity index (χ4n) is 2.49. The molecule has 0 bridgehead atoms. The maximum absolute atomic E-state index is 13.6. The number of benzene rings is 1. The van der Waals surface area contributed by atoms with E-state index in [0.29, 0.717) is 18.2 Å². The van der Waals surface area contributed by atoms with Crippen LogP contribution in [-0.4, -0.2) is 31.1 Å². The Morgan fingerprint density at radius 3 is 2.79 bits per heavy atom. The summed E-state index contributed by atoms with van der Waals surface area (Å²) >= 11 is 0. The van der Waals surface area contributed by atoms with Crippen LogP contribution in [0, 0.1) is 11.6 Å². The van der Waals surface area contributed by atoms with Crippen LogP contribution in [0.5, 0.6) is 0 Å². The molecule has 108 valence electrons. The van der Waals surface area contributed by atoms with Gasteiger partial charge in [0.1, 0.15) is 11.6 Å². The first-order chi connectivity index (χ1) is 8.66. The van der Waals surface area contributed by atoms with E-state index in [9.17, 15) is 8.78 Å². The lowest BCUT2D eigenvalue weighted by Crippen LogP contribution is -2.32. The Labute approximate surface area is 119 Å². The van der Waals surface area contributed by atoms with Crippen molar-refractivity contribution in [3.8, 4) is 0 Å². The fraction of sp³-hybridized carbons (Fsp3) is 0.571. The molecule has 1 aromatic rings. The second kappa shape index (κ2) is 7.78. The monoisotopic (exact) mass is 290 g/mol. The molecule has 5 heteroatoms. The van der Waals surface area contributed by atoms with Gasteiger partial charge in [0, 0.05) is 24.2 Å². The number of rotatable bonds is 3. The van der Waals surface area contributed by atoms with Gasteiger partial charge in [0.2, 0.25) is 0 Å². The van der Waals surface area contributed by atoms with Gasteiger partial charge in [0.25, 0.3) is 0 Å². The number of hydrogen-bond donors (Lipinski definition) is 1. The van der Waals surface area contributed by atoms with Gasteiger partial charge in [-0.3, -0.25) is 4.90 Å². The lowest BCUT2D eigenvalue weighted by Gasteiger charge is -2.27. The van der Waals surface area contributed by atoms with Crippen LogP contribution in [0.4, 0.5) is 8.78 Å². The van der Waals surface area contributed by atoms with E-state index in [2.05, 4.69) is 10.2 Å². The van der Waals surface area contributed by atoms with Gasteiger partial charge in [-0.05, 0) is 45.5 Å². The predicted molar refractivity (Wildman–Crippen MR) is 75.6 cm³/mol. The predicted octanol–water partition coefficient (Wildman–Crippen LogP) is 2.96. The highest BCUT2D eigenvalue weighted by Crippen LogP contribution is 2.17. The third-order valence-electron chi connectivity index (χ3n) is 3.60. The van der Waals surface area contributed by atoms with Gasteiger partial charge in [0.15, 0.2) is 0 Å². The zero-order valence-corrected chi connectivity index (χ0v) is 12.0. The summed E-state index contributed by atoms with van der Waals surface area (Å²) in [6, 6.07) is 4.29. The zero-order chi connectivity index (χ0) is 13.0. The maximum atomic E-state index is 13.6. The van der Waals surface area contributed by atoms with Crippen molar-refractivity contribution in [2.45, 2.75) is 31.8 Å². The molecule has 0 aliphatic carbocycles. The van der Waals surface area contributed by atoms with Crippen LogP contribution in [0.15, 0.2) is 18.2 Å². The van der Waals surface area contributed by atoms with E-state index in [-0.39, 0.29) is 12.4 Å². The summed E-state index contributed by atoms with van der Waals surface area (Å²) in [5.41, 5.74) is 0.566. The first kappa shape index (κ1) is 16.3. The van der Waals surface area contributed by atoms with Crippen molar-refractivity contribution in [1.29, 1.82) is 0 Å². The number of hydrogen-bond acceptors (Lipinski definition) is 2. The van der Waals surface area contributed by atoms with Crippen LogP contribution in [0.1, 0.15) is 24.8 Å². The molecule has 19 heavy (non-hydrogen) atoms. The molecule has 1 fully saturated rings. The molecule has 1 saturated heterocycles. The quantitative estimate of drug-likeness (QED) is 0.921. The second-order valence-electron chi connectivity index (χ2n) is 4.99. The molecular formula is C14H21ClF2N2.